The molecule has 2 atom stereocenters. The van der Waals surface area contributed by atoms with E-state index in [9.17, 15) is 0 Å². The Morgan fingerprint density at radius 3 is 2.78 bits per heavy atom. The Bertz CT molecular complexity index is 417. The smallest absolute Gasteiger partial charge is 0.171 e. The Balaban J connectivity index is 1.88. The highest BCUT2D eigenvalue weighted by Gasteiger charge is 2.21. The lowest BCUT2D eigenvalue weighted by Gasteiger charge is -2.30. The summed E-state index contributed by atoms with van der Waals surface area (Å²) >= 11 is 5.39. The van der Waals surface area contributed by atoms with E-state index in [0.29, 0.717) is 6.04 Å². The number of anilines is 1. The molecule has 0 radical (unpaired) electrons. The molecular formula is C15H22N2S. The summed E-state index contributed by atoms with van der Waals surface area (Å²) in [5.74, 6) is 0.719. The highest BCUT2D eigenvalue weighted by molar-refractivity contribution is 7.80. The molecule has 3 heteroatoms. The van der Waals surface area contributed by atoms with Crippen molar-refractivity contribution in [1.29, 1.82) is 0 Å². The van der Waals surface area contributed by atoms with Crippen molar-refractivity contribution in [2.24, 2.45) is 5.92 Å². The Morgan fingerprint density at radius 1 is 1.28 bits per heavy atom. The second kappa shape index (κ2) is 6.19. The Labute approximate surface area is 115 Å². The minimum absolute atomic E-state index is 0.531. The second-order valence-electron chi connectivity index (χ2n) is 5.34. The van der Waals surface area contributed by atoms with Crippen LogP contribution < -0.4 is 10.6 Å². The van der Waals surface area contributed by atoms with Crippen LogP contribution in [0.4, 0.5) is 5.69 Å². The highest BCUT2D eigenvalue weighted by Crippen LogP contribution is 2.23. The maximum absolute atomic E-state index is 5.39. The molecule has 98 valence electrons. The monoisotopic (exact) mass is 262 g/mol. The number of hydrogen-bond acceptors (Lipinski definition) is 1. The number of benzene rings is 1. The molecule has 1 aliphatic carbocycles. The van der Waals surface area contributed by atoms with E-state index in [2.05, 4.69) is 36.6 Å². The predicted molar refractivity (Wildman–Crippen MR) is 82.0 cm³/mol. The van der Waals surface area contributed by atoms with Crippen LogP contribution in [0.1, 0.15) is 38.2 Å². The number of hydrogen-bond donors (Lipinski definition) is 2. The van der Waals surface area contributed by atoms with Crippen LogP contribution in [-0.2, 0) is 0 Å². The molecule has 18 heavy (non-hydrogen) atoms. The average molecular weight is 262 g/mol. The van der Waals surface area contributed by atoms with Crippen LogP contribution in [0.15, 0.2) is 24.3 Å². The van der Waals surface area contributed by atoms with Gasteiger partial charge in [0.1, 0.15) is 0 Å². The molecule has 2 nitrogen and oxygen atoms in total. The highest BCUT2D eigenvalue weighted by atomic mass is 32.1. The number of aryl methyl sites for hydroxylation is 1. The maximum Gasteiger partial charge on any atom is 0.171 e. The van der Waals surface area contributed by atoms with Crippen molar-refractivity contribution < 1.29 is 0 Å². The van der Waals surface area contributed by atoms with Gasteiger partial charge in [0.25, 0.3) is 0 Å². The van der Waals surface area contributed by atoms with Crippen molar-refractivity contribution in [3.05, 3.63) is 29.8 Å². The molecule has 0 aromatic heterocycles. The fourth-order valence-corrected chi connectivity index (χ4v) is 2.86. The number of nitrogens with one attached hydrogen (secondary N) is 2. The molecule has 0 unspecified atom stereocenters. The quantitative estimate of drug-likeness (QED) is 0.791. The van der Waals surface area contributed by atoms with Crippen LogP contribution in [0.25, 0.3) is 0 Å². The fourth-order valence-electron chi connectivity index (χ4n) is 2.59. The summed E-state index contributed by atoms with van der Waals surface area (Å²) in [7, 11) is 0. The summed E-state index contributed by atoms with van der Waals surface area (Å²) < 4.78 is 0. The molecule has 0 saturated heterocycles. The van der Waals surface area contributed by atoms with Gasteiger partial charge in [-0.25, -0.2) is 0 Å². The molecule has 2 rings (SSSR count). The van der Waals surface area contributed by atoms with Crippen LogP contribution in [-0.4, -0.2) is 11.2 Å². The van der Waals surface area contributed by atoms with Crippen LogP contribution in [0.2, 0.25) is 0 Å². The minimum Gasteiger partial charge on any atom is -0.359 e. The van der Waals surface area contributed by atoms with E-state index in [1.54, 1.807) is 0 Å². The van der Waals surface area contributed by atoms with Crippen molar-refractivity contribution >= 4 is 23.0 Å². The standard InChI is InChI=1S/C15H22N2S/c1-11-6-5-8-13(10-11)16-15(18)17-14-9-4-3-7-12(14)2/h5-6,8,10,12,14H,3-4,7,9H2,1-2H3,(H2,16,17,18)/t12-,14-/m0/s1. The average Bonchev–Trinajstić information content (AvgIpc) is 2.32. The molecule has 0 aliphatic heterocycles. The predicted octanol–water partition coefficient (Wildman–Crippen LogP) is 3.86. The molecule has 0 amide bonds. The van der Waals surface area contributed by atoms with E-state index < -0.39 is 0 Å². The first-order valence-corrected chi connectivity index (χ1v) is 7.20. The van der Waals surface area contributed by atoms with Gasteiger partial charge < -0.3 is 10.6 Å². The Morgan fingerprint density at radius 2 is 2.06 bits per heavy atom. The fraction of sp³-hybridized carbons (Fsp3) is 0.533. The van der Waals surface area contributed by atoms with E-state index in [-0.39, 0.29) is 0 Å². The number of thiocarbonyl (C=S) groups is 1. The SMILES string of the molecule is Cc1cccc(NC(=S)N[C@H]2CCCC[C@@H]2C)c1. The summed E-state index contributed by atoms with van der Waals surface area (Å²) in [6.45, 7) is 4.40. The van der Waals surface area contributed by atoms with Crippen LogP contribution in [0.3, 0.4) is 0 Å². The van der Waals surface area contributed by atoms with Crippen molar-refractivity contribution in [1.82, 2.24) is 5.32 Å². The van der Waals surface area contributed by atoms with E-state index >= 15 is 0 Å². The zero-order valence-corrected chi connectivity index (χ0v) is 12.0. The Hall–Kier alpha value is -1.09. The van der Waals surface area contributed by atoms with Gasteiger partial charge in [0.2, 0.25) is 0 Å². The van der Waals surface area contributed by atoms with Crippen molar-refractivity contribution in [3.63, 3.8) is 0 Å². The lowest BCUT2D eigenvalue weighted by Crippen LogP contribution is -2.43. The Kier molecular flexibility index (Phi) is 4.59. The third-order valence-electron chi connectivity index (χ3n) is 3.70. The summed E-state index contributed by atoms with van der Waals surface area (Å²) in [6.07, 6.45) is 5.22. The zero-order chi connectivity index (χ0) is 13.0. The lowest BCUT2D eigenvalue weighted by molar-refractivity contribution is 0.309. The third-order valence-corrected chi connectivity index (χ3v) is 3.92. The van der Waals surface area contributed by atoms with Gasteiger partial charge in [-0.05, 0) is 55.6 Å². The molecule has 1 aliphatic rings. The summed E-state index contributed by atoms with van der Waals surface area (Å²) in [6, 6.07) is 8.82. The summed E-state index contributed by atoms with van der Waals surface area (Å²) in [4.78, 5) is 0. The molecule has 2 N–H and O–H groups in total. The maximum atomic E-state index is 5.39. The van der Waals surface area contributed by atoms with Gasteiger partial charge >= 0.3 is 0 Å². The van der Waals surface area contributed by atoms with Crippen LogP contribution >= 0.6 is 12.2 Å². The van der Waals surface area contributed by atoms with Crippen LogP contribution in [0, 0.1) is 12.8 Å². The molecule has 1 saturated carbocycles. The van der Waals surface area contributed by atoms with Gasteiger partial charge in [0.05, 0.1) is 0 Å². The molecular weight excluding hydrogens is 240 g/mol. The molecule has 1 fully saturated rings. The van der Waals surface area contributed by atoms with E-state index in [0.717, 1.165) is 16.7 Å². The molecule has 1 aromatic carbocycles. The van der Waals surface area contributed by atoms with Gasteiger partial charge in [-0.1, -0.05) is 31.9 Å². The van der Waals surface area contributed by atoms with E-state index in [1.807, 2.05) is 12.1 Å². The molecule has 1 aromatic rings. The lowest BCUT2D eigenvalue weighted by atomic mass is 9.86. The van der Waals surface area contributed by atoms with Crippen molar-refractivity contribution in [2.45, 2.75) is 45.6 Å². The summed E-state index contributed by atoms with van der Waals surface area (Å²) in [5.41, 5.74) is 2.31. The first-order chi connectivity index (χ1) is 8.65. The van der Waals surface area contributed by atoms with E-state index in [4.69, 9.17) is 12.2 Å². The van der Waals surface area contributed by atoms with E-state index in [1.165, 1.54) is 31.2 Å². The second-order valence-corrected chi connectivity index (χ2v) is 5.74. The third kappa shape index (κ3) is 3.70. The van der Waals surface area contributed by atoms with Crippen LogP contribution in [0.5, 0.6) is 0 Å². The van der Waals surface area contributed by atoms with Gasteiger partial charge in [0, 0.05) is 11.7 Å². The van der Waals surface area contributed by atoms with Gasteiger partial charge in [-0.15, -0.1) is 0 Å². The largest absolute Gasteiger partial charge is 0.359 e. The molecule has 0 heterocycles. The normalized spacial score (nSPS) is 23.4. The van der Waals surface area contributed by atoms with Gasteiger partial charge in [-0.2, -0.15) is 0 Å². The van der Waals surface area contributed by atoms with Crippen molar-refractivity contribution in [3.8, 4) is 0 Å². The zero-order valence-electron chi connectivity index (χ0n) is 11.2. The van der Waals surface area contributed by atoms with Gasteiger partial charge in [-0.3, -0.25) is 0 Å². The first kappa shape index (κ1) is 13.3. The summed E-state index contributed by atoms with van der Waals surface area (Å²) in [5, 5.41) is 7.48. The first-order valence-electron chi connectivity index (χ1n) is 6.79. The minimum atomic E-state index is 0.531. The van der Waals surface area contributed by atoms with Crippen molar-refractivity contribution in [2.75, 3.05) is 5.32 Å². The number of rotatable bonds is 2. The molecule has 0 bridgehead atoms. The van der Waals surface area contributed by atoms with Gasteiger partial charge in [0.15, 0.2) is 5.11 Å². The molecule has 0 spiro atoms. The topological polar surface area (TPSA) is 24.1 Å².